The Kier molecular flexibility index (Phi) is 4.65. The Morgan fingerprint density at radius 2 is 2.19 bits per heavy atom. The maximum Gasteiger partial charge on any atom is 0.322 e. The number of hydrogen-bond acceptors (Lipinski definition) is 4. The SMILES string of the molecule is O=C(Nc1cccnc1OCC(F)F)N1CCC2(C1)OCc1ccccc12. The number of fused-ring (bicyclic) bond motifs is 2. The highest BCUT2D eigenvalue weighted by Crippen LogP contribution is 2.43. The zero-order chi connectivity index (χ0) is 18.9. The maximum atomic E-state index is 12.7. The third kappa shape index (κ3) is 3.44. The van der Waals surface area contributed by atoms with Gasteiger partial charge in [-0.15, -0.1) is 0 Å². The summed E-state index contributed by atoms with van der Waals surface area (Å²) in [4.78, 5) is 18.3. The van der Waals surface area contributed by atoms with E-state index >= 15 is 0 Å². The molecule has 2 amide bonds. The summed E-state index contributed by atoms with van der Waals surface area (Å²) in [7, 11) is 0. The lowest BCUT2D eigenvalue weighted by molar-refractivity contribution is -0.0269. The fourth-order valence-corrected chi connectivity index (χ4v) is 3.61. The number of carbonyl (C=O) groups excluding carboxylic acids is 1. The summed E-state index contributed by atoms with van der Waals surface area (Å²) < 4.78 is 35.8. The van der Waals surface area contributed by atoms with Gasteiger partial charge in [-0.25, -0.2) is 18.6 Å². The highest BCUT2D eigenvalue weighted by atomic mass is 19.3. The van der Waals surface area contributed by atoms with Crippen LogP contribution in [0.3, 0.4) is 0 Å². The lowest BCUT2D eigenvalue weighted by Gasteiger charge is -2.25. The van der Waals surface area contributed by atoms with Crippen molar-refractivity contribution in [1.29, 1.82) is 0 Å². The van der Waals surface area contributed by atoms with Gasteiger partial charge in [0.05, 0.1) is 13.2 Å². The van der Waals surface area contributed by atoms with Gasteiger partial charge >= 0.3 is 6.03 Å². The van der Waals surface area contributed by atoms with Gasteiger partial charge in [0, 0.05) is 19.2 Å². The standard InChI is InChI=1S/C19H19F2N3O3/c20-16(21)11-26-17-15(6-3-8-22-17)23-18(25)24-9-7-19(12-24)14-5-2-1-4-13(14)10-27-19/h1-6,8,16H,7,9-12H2,(H,23,25). The Morgan fingerprint density at radius 3 is 3.04 bits per heavy atom. The molecule has 2 aromatic rings. The second-order valence-corrected chi connectivity index (χ2v) is 6.60. The van der Waals surface area contributed by atoms with Gasteiger partial charge in [0.15, 0.2) is 6.61 Å². The van der Waals surface area contributed by atoms with Crippen molar-refractivity contribution in [3.8, 4) is 5.88 Å². The highest BCUT2D eigenvalue weighted by Gasteiger charge is 2.46. The topological polar surface area (TPSA) is 63.7 Å². The van der Waals surface area contributed by atoms with E-state index in [2.05, 4.69) is 10.3 Å². The number of benzene rings is 1. The predicted octanol–water partition coefficient (Wildman–Crippen LogP) is 3.39. The average Bonchev–Trinajstić information content (AvgIpc) is 3.27. The Morgan fingerprint density at radius 1 is 1.33 bits per heavy atom. The molecule has 1 fully saturated rings. The minimum absolute atomic E-state index is 0.0254. The molecule has 4 rings (SSSR count). The number of anilines is 1. The number of carbonyl (C=O) groups is 1. The molecule has 142 valence electrons. The fraction of sp³-hybridized carbons (Fsp3) is 0.368. The van der Waals surface area contributed by atoms with Gasteiger partial charge in [-0.05, 0) is 23.3 Å². The van der Waals surface area contributed by atoms with Crippen LogP contribution < -0.4 is 10.1 Å². The zero-order valence-electron chi connectivity index (χ0n) is 14.5. The van der Waals surface area contributed by atoms with E-state index in [4.69, 9.17) is 9.47 Å². The number of aromatic nitrogens is 1. The summed E-state index contributed by atoms with van der Waals surface area (Å²) >= 11 is 0. The monoisotopic (exact) mass is 375 g/mol. The van der Waals surface area contributed by atoms with Crippen molar-refractivity contribution in [2.45, 2.75) is 25.1 Å². The van der Waals surface area contributed by atoms with E-state index < -0.39 is 18.6 Å². The number of halogens is 2. The number of nitrogens with zero attached hydrogens (tertiary/aromatic N) is 2. The maximum absolute atomic E-state index is 12.7. The van der Waals surface area contributed by atoms with Crippen LogP contribution in [0.25, 0.3) is 0 Å². The van der Waals surface area contributed by atoms with Crippen LogP contribution in [0.15, 0.2) is 42.6 Å². The van der Waals surface area contributed by atoms with Gasteiger partial charge in [0.25, 0.3) is 6.43 Å². The Hall–Kier alpha value is -2.74. The van der Waals surface area contributed by atoms with Crippen LogP contribution in [-0.2, 0) is 16.9 Å². The fourth-order valence-electron chi connectivity index (χ4n) is 3.61. The molecular weight excluding hydrogens is 356 g/mol. The quantitative estimate of drug-likeness (QED) is 0.890. The first-order chi connectivity index (χ1) is 13.1. The number of nitrogens with one attached hydrogen (secondary N) is 1. The van der Waals surface area contributed by atoms with E-state index in [1.165, 1.54) is 6.20 Å². The zero-order valence-corrected chi connectivity index (χ0v) is 14.5. The first kappa shape index (κ1) is 17.7. The van der Waals surface area contributed by atoms with Gasteiger partial charge < -0.3 is 19.7 Å². The van der Waals surface area contributed by atoms with E-state index in [1.807, 2.05) is 24.3 Å². The molecule has 1 spiro atoms. The Bertz CT molecular complexity index is 848. The summed E-state index contributed by atoms with van der Waals surface area (Å²) in [5.74, 6) is -0.0254. The number of urea groups is 1. The molecule has 1 aromatic heterocycles. The van der Waals surface area contributed by atoms with Gasteiger partial charge in [-0.2, -0.15) is 0 Å². The smallest absolute Gasteiger partial charge is 0.322 e. The van der Waals surface area contributed by atoms with Gasteiger partial charge in [-0.1, -0.05) is 24.3 Å². The minimum atomic E-state index is -2.62. The van der Waals surface area contributed by atoms with Crippen molar-refractivity contribution in [2.24, 2.45) is 0 Å². The van der Waals surface area contributed by atoms with Crippen molar-refractivity contribution in [1.82, 2.24) is 9.88 Å². The molecule has 2 aliphatic rings. The van der Waals surface area contributed by atoms with Crippen molar-refractivity contribution in [3.05, 3.63) is 53.7 Å². The third-order valence-corrected chi connectivity index (χ3v) is 4.89. The first-order valence-electron chi connectivity index (χ1n) is 8.72. The van der Waals surface area contributed by atoms with Gasteiger partial charge in [-0.3, -0.25) is 0 Å². The van der Waals surface area contributed by atoms with Crippen molar-refractivity contribution >= 4 is 11.7 Å². The second-order valence-electron chi connectivity index (χ2n) is 6.60. The van der Waals surface area contributed by atoms with Crippen molar-refractivity contribution in [3.63, 3.8) is 0 Å². The number of likely N-dealkylation sites (tertiary alicyclic amines) is 1. The molecule has 3 heterocycles. The van der Waals surface area contributed by atoms with Gasteiger partial charge in [0.1, 0.15) is 11.3 Å². The van der Waals surface area contributed by atoms with Gasteiger partial charge in [0.2, 0.25) is 5.88 Å². The summed E-state index contributed by atoms with van der Waals surface area (Å²) in [6.45, 7) is 0.730. The summed E-state index contributed by atoms with van der Waals surface area (Å²) in [6, 6.07) is 10.9. The Balaban J connectivity index is 1.45. The lowest BCUT2D eigenvalue weighted by Crippen LogP contribution is -2.37. The van der Waals surface area contributed by atoms with Crippen molar-refractivity contribution in [2.75, 3.05) is 25.0 Å². The average molecular weight is 375 g/mol. The molecule has 1 N–H and O–H groups in total. The molecule has 6 nitrogen and oxygen atoms in total. The number of amides is 2. The molecule has 0 radical (unpaired) electrons. The largest absolute Gasteiger partial charge is 0.470 e. The molecule has 0 aliphatic carbocycles. The molecule has 0 saturated carbocycles. The van der Waals surface area contributed by atoms with E-state index in [9.17, 15) is 13.6 Å². The molecule has 1 unspecified atom stereocenters. The van der Waals surface area contributed by atoms with E-state index in [0.29, 0.717) is 26.1 Å². The lowest BCUT2D eigenvalue weighted by atomic mass is 9.92. The number of alkyl halides is 2. The predicted molar refractivity (Wildman–Crippen MR) is 93.9 cm³/mol. The van der Waals surface area contributed by atoms with Crippen LogP contribution in [0, 0.1) is 0 Å². The number of pyridine rings is 1. The minimum Gasteiger partial charge on any atom is -0.470 e. The summed E-state index contributed by atoms with van der Waals surface area (Å²) in [5, 5.41) is 2.71. The van der Waals surface area contributed by atoms with Crippen LogP contribution in [0.4, 0.5) is 19.3 Å². The normalized spacial score (nSPS) is 20.9. The Labute approximate surface area is 155 Å². The molecule has 8 heteroatoms. The third-order valence-electron chi connectivity index (χ3n) is 4.89. The molecular formula is C19H19F2N3O3. The summed E-state index contributed by atoms with van der Waals surface area (Å²) in [6.07, 6.45) is -0.488. The van der Waals surface area contributed by atoms with E-state index in [1.54, 1.807) is 17.0 Å². The van der Waals surface area contributed by atoms with Crippen molar-refractivity contribution < 1.29 is 23.0 Å². The first-order valence-corrected chi connectivity index (χ1v) is 8.72. The van der Waals surface area contributed by atoms with Crippen LogP contribution in [-0.4, -0.2) is 42.0 Å². The van der Waals surface area contributed by atoms with E-state index in [0.717, 1.165) is 11.1 Å². The van der Waals surface area contributed by atoms with Crippen LogP contribution >= 0.6 is 0 Å². The number of hydrogen-bond donors (Lipinski definition) is 1. The second kappa shape index (κ2) is 7.11. The molecule has 1 atom stereocenters. The summed E-state index contributed by atoms with van der Waals surface area (Å²) in [5.41, 5.74) is 2.06. The highest BCUT2D eigenvalue weighted by molar-refractivity contribution is 5.90. The number of ether oxygens (including phenoxy) is 2. The number of rotatable bonds is 4. The molecule has 1 aromatic carbocycles. The van der Waals surface area contributed by atoms with Crippen LogP contribution in [0.1, 0.15) is 17.5 Å². The molecule has 1 saturated heterocycles. The van der Waals surface area contributed by atoms with Crippen LogP contribution in [0.2, 0.25) is 0 Å². The van der Waals surface area contributed by atoms with Crippen LogP contribution in [0.5, 0.6) is 5.88 Å². The molecule has 27 heavy (non-hydrogen) atoms. The molecule has 0 bridgehead atoms. The molecule has 2 aliphatic heterocycles. The van der Waals surface area contributed by atoms with E-state index in [-0.39, 0.29) is 17.6 Å².